The van der Waals surface area contributed by atoms with Crippen LogP contribution in [0.25, 0.3) is 0 Å². The fraction of sp³-hybridized carbons (Fsp3) is 0.500. The molecule has 0 aromatic carbocycles. The zero-order valence-corrected chi connectivity index (χ0v) is 15.3. The van der Waals surface area contributed by atoms with E-state index in [0.717, 1.165) is 25.7 Å². The molecule has 2 aromatic rings. The maximum atomic E-state index is 12.4. The van der Waals surface area contributed by atoms with E-state index in [4.69, 9.17) is 9.26 Å². The van der Waals surface area contributed by atoms with E-state index in [-0.39, 0.29) is 0 Å². The first-order chi connectivity index (χ1) is 12.0. The predicted molar refractivity (Wildman–Crippen MR) is 94.9 cm³/mol. The second-order valence-corrected chi connectivity index (χ2v) is 7.47. The number of ether oxygens (including phenoxy) is 1. The number of nitrogens with zero attached hydrogens (tertiary/aromatic N) is 1. The first kappa shape index (κ1) is 17.7. The van der Waals surface area contributed by atoms with Crippen molar-refractivity contribution in [1.29, 1.82) is 0 Å². The Balaban J connectivity index is 1.61. The summed E-state index contributed by atoms with van der Waals surface area (Å²) in [6.45, 7) is 3.28. The van der Waals surface area contributed by atoms with Gasteiger partial charge in [-0.1, -0.05) is 18.0 Å². The van der Waals surface area contributed by atoms with Crippen LogP contribution in [-0.2, 0) is 22.4 Å². The summed E-state index contributed by atoms with van der Waals surface area (Å²) in [6, 6.07) is 3.53. The molecule has 0 unspecified atom stereocenters. The van der Waals surface area contributed by atoms with E-state index in [1.54, 1.807) is 19.9 Å². The minimum Gasteiger partial charge on any atom is -0.448 e. The number of rotatable bonds is 4. The van der Waals surface area contributed by atoms with Gasteiger partial charge in [-0.3, -0.25) is 4.79 Å². The van der Waals surface area contributed by atoms with Crippen molar-refractivity contribution in [2.75, 3.05) is 5.32 Å². The van der Waals surface area contributed by atoms with Crippen LogP contribution in [0.5, 0.6) is 0 Å². The van der Waals surface area contributed by atoms with Crippen LogP contribution < -0.4 is 5.32 Å². The van der Waals surface area contributed by atoms with Crippen molar-refractivity contribution in [2.45, 2.75) is 58.5 Å². The maximum Gasteiger partial charge on any atom is 0.349 e. The topological polar surface area (TPSA) is 81.4 Å². The lowest BCUT2D eigenvalue weighted by molar-refractivity contribution is -0.123. The third-order valence-corrected chi connectivity index (χ3v) is 5.45. The maximum absolute atomic E-state index is 12.4. The van der Waals surface area contributed by atoms with Gasteiger partial charge in [-0.2, -0.15) is 0 Å². The monoisotopic (exact) mass is 362 g/mol. The fourth-order valence-corrected chi connectivity index (χ4v) is 4.01. The van der Waals surface area contributed by atoms with Crippen molar-refractivity contribution < 1.29 is 18.8 Å². The minimum atomic E-state index is -0.908. The van der Waals surface area contributed by atoms with Crippen molar-refractivity contribution >= 4 is 29.0 Å². The molecule has 1 aliphatic carbocycles. The van der Waals surface area contributed by atoms with Crippen LogP contribution in [0, 0.1) is 6.92 Å². The minimum absolute atomic E-state index is 0.310. The van der Waals surface area contributed by atoms with Crippen LogP contribution in [0.4, 0.5) is 5.82 Å². The molecular weight excluding hydrogens is 340 g/mol. The summed E-state index contributed by atoms with van der Waals surface area (Å²) in [6.07, 6.45) is 5.94. The largest absolute Gasteiger partial charge is 0.448 e. The van der Waals surface area contributed by atoms with Gasteiger partial charge in [0.25, 0.3) is 5.91 Å². The molecule has 3 rings (SSSR count). The summed E-state index contributed by atoms with van der Waals surface area (Å²) in [5.41, 5.74) is 1.26. The average molecular weight is 362 g/mol. The third-order valence-electron chi connectivity index (χ3n) is 4.23. The summed E-state index contributed by atoms with van der Waals surface area (Å²) in [5.74, 6) is 0.0211. The summed E-state index contributed by atoms with van der Waals surface area (Å²) in [5, 5.41) is 6.26. The molecule has 0 saturated carbocycles. The quantitative estimate of drug-likeness (QED) is 0.835. The van der Waals surface area contributed by atoms with E-state index in [2.05, 4.69) is 10.5 Å². The highest BCUT2D eigenvalue weighted by molar-refractivity contribution is 7.14. The van der Waals surface area contributed by atoms with E-state index in [0.29, 0.717) is 16.5 Å². The Kier molecular flexibility index (Phi) is 5.53. The van der Waals surface area contributed by atoms with Gasteiger partial charge in [-0.05, 0) is 51.2 Å². The molecule has 2 aromatic heterocycles. The van der Waals surface area contributed by atoms with Gasteiger partial charge in [0.05, 0.1) is 0 Å². The number of amides is 1. The Bertz CT molecular complexity index is 739. The molecule has 1 atom stereocenters. The Labute approximate surface area is 150 Å². The number of anilines is 1. The molecule has 1 N–H and O–H groups in total. The number of esters is 1. The van der Waals surface area contributed by atoms with Crippen molar-refractivity contribution in [2.24, 2.45) is 0 Å². The number of carbonyl (C=O) groups is 2. The molecule has 0 fully saturated rings. The van der Waals surface area contributed by atoms with Crippen molar-refractivity contribution in [3.8, 4) is 0 Å². The standard InChI is InChI=1S/C18H22N2O4S/c1-11-9-16(20-24-11)19-17(21)12(2)23-18(22)15-10-13-7-5-3-4-6-8-14(13)25-15/h9-10,12H,3-8H2,1-2H3,(H,19,20,21)/t12-/m1/s1. The Morgan fingerprint density at radius 1 is 1.24 bits per heavy atom. The van der Waals surface area contributed by atoms with Gasteiger partial charge in [0.15, 0.2) is 11.9 Å². The molecule has 0 aliphatic heterocycles. The van der Waals surface area contributed by atoms with Crippen molar-refractivity contribution in [3.05, 3.63) is 33.2 Å². The Morgan fingerprint density at radius 2 is 2.00 bits per heavy atom. The molecular formula is C18H22N2O4S. The number of hydrogen-bond donors (Lipinski definition) is 1. The molecule has 6 nitrogen and oxygen atoms in total. The lowest BCUT2D eigenvalue weighted by Gasteiger charge is -2.11. The van der Waals surface area contributed by atoms with Crippen LogP contribution in [0.15, 0.2) is 16.7 Å². The molecule has 0 spiro atoms. The average Bonchev–Trinajstić information content (AvgIpc) is 3.13. The third kappa shape index (κ3) is 4.48. The summed E-state index contributed by atoms with van der Waals surface area (Å²) in [4.78, 5) is 26.3. The van der Waals surface area contributed by atoms with Gasteiger partial charge < -0.3 is 14.6 Å². The van der Waals surface area contributed by atoms with Crippen LogP contribution >= 0.6 is 11.3 Å². The van der Waals surface area contributed by atoms with E-state index < -0.39 is 18.0 Å². The SMILES string of the molecule is Cc1cc(NC(=O)[C@@H](C)OC(=O)c2cc3c(s2)CCCCCC3)no1. The molecule has 1 aliphatic rings. The Hall–Kier alpha value is -2.15. The molecule has 134 valence electrons. The molecule has 0 bridgehead atoms. The van der Waals surface area contributed by atoms with Crippen LogP contribution in [0.2, 0.25) is 0 Å². The normalized spacial score (nSPS) is 15.6. The second kappa shape index (κ2) is 7.82. The number of hydrogen-bond acceptors (Lipinski definition) is 6. The van der Waals surface area contributed by atoms with E-state index >= 15 is 0 Å². The van der Waals surface area contributed by atoms with Crippen LogP contribution in [-0.4, -0.2) is 23.1 Å². The predicted octanol–water partition coefficient (Wildman–Crippen LogP) is 3.89. The number of carbonyl (C=O) groups excluding carboxylic acids is 2. The first-order valence-corrected chi connectivity index (χ1v) is 9.41. The van der Waals surface area contributed by atoms with E-state index in [9.17, 15) is 9.59 Å². The van der Waals surface area contributed by atoms with Crippen molar-refractivity contribution in [3.63, 3.8) is 0 Å². The van der Waals surface area contributed by atoms with E-state index in [1.165, 1.54) is 34.6 Å². The number of thiophene rings is 1. The Morgan fingerprint density at radius 3 is 2.72 bits per heavy atom. The summed E-state index contributed by atoms with van der Waals surface area (Å²) >= 11 is 1.49. The highest BCUT2D eigenvalue weighted by atomic mass is 32.1. The highest BCUT2D eigenvalue weighted by Gasteiger charge is 2.22. The molecule has 1 amide bonds. The van der Waals surface area contributed by atoms with Crippen molar-refractivity contribution in [1.82, 2.24) is 5.16 Å². The zero-order chi connectivity index (χ0) is 17.8. The number of aromatic nitrogens is 1. The second-order valence-electron chi connectivity index (χ2n) is 6.33. The summed E-state index contributed by atoms with van der Waals surface area (Å²) < 4.78 is 10.2. The highest BCUT2D eigenvalue weighted by Crippen LogP contribution is 2.29. The van der Waals surface area contributed by atoms with E-state index in [1.807, 2.05) is 6.07 Å². The van der Waals surface area contributed by atoms with Gasteiger partial charge in [-0.15, -0.1) is 11.3 Å². The molecule has 7 heteroatoms. The van der Waals surface area contributed by atoms with Gasteiger partial charge in [-0.25, -0.2) is 4.79 Å². The van der Waals surface area contributed by atoms with Gasteiger partial charge >= 0.3 is 5.97 Å². The number of aryl methyl sites for hydroxylation is 3. The zero-order valence-electron chi connectivity index (χ0n) is 14.5. The lowest BCUT2D eigenvalue weighted by Crippen LogP contribution is -2.29. The van der Waals surface area contributed by atoms with Crippen LogP contribution in [0.1, 0.15) is 58.5 Å². The van der Waals surface area contributed by atoms with Gasteiger partial charge in [0.1, 0.15) is 10.6 Å². The van der Waals surface area contributed by atoms with Gasteiger partial charge in [0, 0.05) is 10.9 Å². The fourth-order valence-electron chi connectivity index (χ4n) is 2.87. The molecule has 0 radical (unpaired) electrons. The first-order valence-electron chi connectivity index (χ1n) is 8.59. The number of fused-ring (bicyclic) bond motifs is 1. The summed E-state index contributed by atoms with van der Waals surface area (Å²) in [7, 11) is 0. The molecule has 25 heavy (non-hydrogen) atoms. The lowest BCUT2D eigenvalue weighted by atomic mass is 10.00. The smallest absolute Gasteiger partial charge is 0.349 e. The number of nitrogens with one attached hydrogen (secondary N) is 1. The van der Waals surface area contributed by atoms with Gasteiger partial charge in [0.2, 0.25) is 0 Å². The van der Waals surface area contributed by atoms with Crippen LogP contribution in [0.3, 0.4) is 0 Å². The molecule has 2 heterocycles. The molecule has 0 saturated heterocycles.